The van der Waals surface area contributed by atoms with Crippen molar-refractivity contribution >= 4 is 34.9 Å². The molecule has 7 heteroatoms. The van der Waals surface area contributed by atoms with Gasteiger partial charge in [0.05, 0.1) is 11.3 Å². The van der Waals surface area contributed by atoms with Crippen LogP contribution in [-0.4, -0.2) is 34.8 Å². The molecular weight excluding hydrogens is 436 g/mol. The predicted octanol–water partition coefficient (Wildman–Crippen LogP) is 5.53. The third-order valence-corrected chi connectivity index (χ3v) is 5.93. The number of rotatable bonds is 6. The molecule has 1 saturated heterocycles. The van der Waals surface area contributed by atoms with E-state index in [1.807, 2.05) is 37.3 Å². The molecule has 3 aromatic rings. The fourth-order valence-electron chi connectivity index (χ4n) is 3.87. The molecule has 0 unspecified atom stereocenters. The highest BCUT2D eigenvalue weighted by Crippen LogP contribution is 2.23. The Morgan fingerprint density at radius 2 is 1.70 bits per heavy atom. The van der Waals surface area contributed by atoms with Gasteiger partial charge in [0.15, 0.2) is 0 Å². The molecule has 6 nitrogen and oxygen atoms in total. The second-order valence-electron chi connectivity index (χ2n) is 8.35. The fourth-order valence-corrected chi connectivity index (χ4v) is 4.04. The van der Waals surface area contributed by atoms with E-state index < -0.39 is 5.91 Å². The summed E-state index contributed by atoms with van der Waals surface area (Å²) < 4.78 is 0. The number of nitrogens with zero attached hydrogens (tertiary/aromatic N) is 2. The number of anilines is 2. The molecular formula is C26H27ClN4O2. The van der Waals surface area contributed by atoms with Crippen molar-refractivity contribution in [3.8, 4) is 0 Å². The number of piperidine rings is 1. The number of benzene rings is 2. The van der Waals surface area contributed by atoms with E-state index in [1.165, 1.54) is 30.9 Å². The van der Waals surface area contributed by atoms with Crippen LogP contribution in [0.25, 0.3) is 0 Å². The van der Waals surface area contributed by atoms with Crippen LogP contribution >= 0.6 is 11.6 Å². The van der Waals surface area contributed by atoms with Crippen molar-refractivity contribution < 1.29 is 9.59 Å². The summed E-state index contributed by atoms with van der Waals surface area (Å²) in [5, 5.41) is 5.99. The summed E-state index contributed by atoms with van der Waals surface area (Å²) in [6.07, 6.45) is 5.47. The van der Waals surface area contributed by atoms with Crippen LogP contribution in [0.3, 0.4) is 0 Å². The number of hydrogen-bond donors (Lipinski definition) is 2. The molecule has 2 aromatic carbocycles. The Bertz CT molecular complexity index is 1120. The minimum Gasteiger partial charge on any atom is -0.321 e. The molecule has 1 aliphatic rings. The molecule has 0 bridgehead atoms. The topological polar surface area (TPSA) is 74.3 Å². The van der Waals surface area contributed by atoms with Gasteiger partial charge in [0.1, 0.15) is 5.82 Å². The van der Waals surface area contributed by atoms with Crippen molar-refractivity contribution in [3.63, 3.8) is 0 Å². The highest BCUT2D eigenvalue weighted by atomic mass is 35.5. The molecule has 2 N–H and O–H groups in total. The van der Waals surface area contributed by atoms with Gasteiger partial charge in [-0.25, -0.2) is 4.98 Å². The number of hydrogen-bond acceptors (Lipinski definition) is 4. The van der Waals surface area contributed by atoms with Crippen LogP contribution in [0.4, 0.5) is 11.5 Å². The van der Waals surface area contributed by atoms with Crippen molar-refractivity contribution in [2.45, 2.75) is 32.7 Å². The highest BCUT2D eigenvalue weighted by Gasteiger charge is 2.16. The number of aromatic nitrogens is 1. The Balaban J connectivity index is 1.45. The maximum Gasteiger partial charge on any atom is 0.258 e. The second kappa shape index (κ2) is 10.6. The van der Waals surface area contributed by atoms with Crippen molar-refractivity contribution in [1.29, 1.82) is 0 Å². The summed E-state index contributed by atoms with van der Waals surface area (Å²) in [5.74, 6) is -0.266. The van der Waals surface area contributed by atoms with Gasteiger partial charge < -0.3 is 10.6 Å². The lowest BCUT2D eigenvalue weighted by Crippen LogP contribution is -2.29. The van der Waals surface area contributed by atoms with Gasteiger partial charge in [0, 0.05) is 23.3 Å². The summed E-state index contributed by atoms with van der Waals surface area (Å²) in [5.41, 5.74) is 3.35. The number of halogens is 1. The lowest BCUT2D eigenvalue weighted by molar-refractivity contribution is 0.102. The van der Waals surface area contributed by atoms with Crippen molar-refractivity contribution in [1.82, 2.24) is 9.88 Å². The molecule has 4 rings (SSSR count). The number of carbonyl (C=O) groups excluding carboxylic acids is 2. The van der Waals surface area contributed by atoms with Crippen LogP contribution in [0.1, 0.15) is 51.1 Å². The van der Waals surface area contributed by atoms with Crippen molar-refractivity contribution in [2.75, 3.05) is 23.7 Å². The molecule has 0 spiro atoms. The van der Waals surface area contributed by atoms with E-state index in [0.29, 0.717) is 22.1 Å². The smallest absolute Gasteiger partial charge is 0.258 e. The predicted molar refractivity (Wildman–Crippen MR) is 132 cm³/mol. The van der Waals surface area contributed by atoms with Gasteiger partial charge in [-0.2, -0.15) is 0 Å². The molecule has 2 heterocycles. The largest absolute Gasteiger partial charge is 0.321 e. The Labute approximate surface area is 199 Å². The normalized spacial score (nSPS) is 14.0. The maximum absolute atomic E-state index is 12.9. The van der Waals surface area contributed by atoms with Crippen LogP contribution in [-0.2, 0) is 6.54 Å². The Morgan fingerprint density at radius 1 is 0.939 bits per heavy atom. The van der Waals surface area contributed by atoms with Gasteiger partial charge in [-0.3, -0.25) is 14.5 Å². The van der Waals surface area contributed by atoms with E-state index >= 15 is 0 Å². The van der Waals surface area contributed by atoms with E-state index in [9.17, 15) is 9.59 Å². The Hall–Kier alpha value is -3.22. The van der Waals surface area contributed by atoms with Crippen LogP contribution < -0.4 is 10.6 Å². The third-order valence-electron chi connectivity index (χ3n) is 5.70. The lowest BCUT2D eigenvalue weighted by Gasteiger charge is -2.26. The van der Waals surface area contributed by atoms with Gasteiger partial charge in [0.25, 0.3) is 11.8 Å². The van der Waals surface area contributed by atoms with Crippen molar-refractivity contribution in [3.05, 3.63) is 88.1 Å². The van der Waals surface area contributed by atoms with Crippen molar-refractivity contribution in [2.24, 2.45) is 0 Å². The lowest BCUT2D eigenvalue weighted by atomic mass is 10.1. The molecule has 0 saturated carbocycles. The maximum atomic E-state index is 12.9. The number of amides is 2. The first kappa shape index (κ1) is 23.0. The average molecular weight is 463 g/mol. The van der Waals surface area contributed by atoms with E-state index in [0.717, 1.165) is 25.2 Å². The molecule has 33 heavy (non-hydrogen) atoms. The molecule has 0 atom stereocenters. The van der Waals surface area contributed by atoms with Gasteiger partial charge in [-0.15, -0.1) is 0 Å². The first-order valence-electron chi connectivity index (χ1n) is 11.1. The molecule has 0 radical (unpaired) electrons. The molecule has 0 aliphatic carbocycles. The summed E-state index contributed by atoms with van der Waals surface area (Å²) >= 11 is 6.12. The number of pyridine rings is 1. The third kappa shape index (κ3) is 6.18. The zero-order valence-electron chi connectivity index (χ0n) is 18.6. The minimum atomic E-state index is -0.402. The van der Waals surface area contributed by atoms with Crippen LogP contribution in [0.15, 0.2) is 60.8 Å². The first-order chi connectivity index (χ1) is 16.0. The summed E-state index contributed by atoms with van der Waals surface area (Å²) in [7, 11) is 0. The van der Waals surface area contributed by atoms with Gasteiger partial charge >= 0.3 is 0 Å². The second-order valence-corrected chi connectivity index (χ2v) is 8.79. The molecule has 1 fully saturated rings. The van der Waals surface area contributed by atoms with E-state index in [1.54, 1.807) is 24.4 Å². The van der Waals surface area contributed by atoms with Gasteiger partial charge in [-0.1, -0.05) is 36.2 Å². The number of likely N-dealkylation sites (tertiary alicyclic amines) is 1. The minimum absolute atomic E-state index is 0.264. The quantitative estimate of drug-likeness (QED) is 0.504. The summed E-state index contributed by atoms with van der Waals surface area (Å²) in [6, 6.07) is 16.0. The Kier molecular flexibility index (Phi) is 7.37. The van der Waals surface area contributed by atoms with Gasteiger partial charge in [-0.05, 0) is 80.4 Å². The van der Waals surface area contributed by atoms with Crippen LogP contribution in [0.2, 0.25) is 5.02 Å². The summed E-state index contributed by atoms with van der Waals surface area (Å²) in [6.45, 7) is 5.07. The van der Waals surface area contributed by atoms with E-state index in [-0.39, 0.29) is 11.5 Å². The number of nitrogens with one attached hydrogen (secondary N) is 2. The molecule has 1 aromatic heterocycles. The monoisotopic (exact) mass is 462 g/mol. The number of carbonyl (C=O) groups is 2. The van der Waals surface area contributed by atoms with Crippen LogP contribution in [0.5, 0.6) is 0 Å². The average Bonchev–Trinajstić information content (AvgIpc) is 2.83. The highest BCUT2D eigenvalue weighted by molar-refractivity contribution is 6.31. The van der Waals surface area contributed by atoms with E-state index in [4.69, 9.17) is 11.6 Å². The van der Waals surface area contributed by atoms with E-state index in [2.05, 4.69) is 20.5 Å². The fraction of sp³-hybridized carbons (Fsp3) is 0.269. The van der Waals surface area contributed by atoms with Gasteiger partial charge in [0.2, 0.25) is 0 Å². The zero-order valence-corrected chi connectivity index (χ0v) is 19.4. The summed E-state index contributed by atoms with van der Waals surface area (Å²) in [4.78, 5) is 32.4. The first-order valence-corrected chi connectivity index (χ1v) is 11.5. The standard InChI is InChI=1S/C26H27ClN4O2/c1-18-5-12-24(28-16-18)30-26(33)22-15-21(27)10-11-23(22)29-25(32)20-8-6-19(7-9-20)17-31-13-3-2-4-14-31/h5-12,15-16H,2-4,13-14,17H2,1H3,(H,29,32)(H,28,30,33). The molecule has 2 amide bonds. The Morgan fingerprint density at radius 3 is 2.39 bits per heavy atom. The molecule has 1 aliphatic heterocycles. The number of aryl methyl sites for hydroxylation is 1. The zero-order chi connectivity index (χ0) is 23.2. The molecule has 170 valence electrons. The SMILES string of the molecule is Cc1ccc(NC(=O)c2cc(Cl)ccc2NC(=O)c2ccc(CN3CCCCC3)cc2)nc1. The van der Waals surface area contributed by atoms with Crippen LogP contribution in [0, 0.1) is 6.92 Å².